The molecule has 0 unspecified atom stereocenters. The number of nitrogen functional groups attached to an aromatic ring is 2. The van der Waals surface area contributed by atoms with Gasteiger partial charge in [-0.25, -0.2) is 0 Å². The number of hydrogen-bond donors (Lipinski definition) is 3. The molecule has 0 bridgehead atoms. The molecule has 0 aliphatic heterocycles. The van der Waals surface area contributed by atoms with Gasteiger partial charge in [0.25, 0.3) is 0 Å². The fraction of sp³-hybridized carbons (Fsp3) is 0.217. The molecule has 0 aliphatic rings. The number of hydrogen-bond acceptors (Lipinski definition) is 6. The Bertz CT molecular complexity index is 1140. The van der Waals surface area contributed by atoms with Gasteiger partial charge in [0.1, 0.15) is 5.02 Å². The molecule has 0 aromatic heterocycles. The number of nitrogens with two attached hydrogens (primary N) is 2. The van der Waals surface area contributed by atoms with Crippen LogP contribution in [-0.4, -0.2) is 13.7 Å². The maximum Gasteiger partial charge on any atom is 0.204 e. The van der Waals surface area contributed by atoms with Crippen molar-refractivity contribution in [2.75, 3.05) is 30.4 Å². The quantitative estimate of drug-likeness (QED) is 0.190. The zero-order valence-corrected chi connectivity index (χ0v) is 21.0. The molecule has 0 radical (unpaired) electrons. The summed E-state index contributed by atoms with van der Waals surface area (Å²) in [5.41, 5.74) is 13.3. The van der Waals surface area contributed by atoms with Crippen molar-refractivity contribution < 1.29 is 14.2 Å². The van der Waals surface area contributed by atoms with Crippen molar-refractivity contribution in [2.24, 2.45) is 0 Å². The van der Waals surface area contributed by atoms with Crippen molar-refractivity contribution in [1.29, 1.82) is 0 Å². The Balaban J connectivity index is 2.01. The zero-order valence-electron chi connectivity index (χ0n) is 18.0. The number of anilines is 3. The van der Waals surface area contributed by atoms with E-state index in [1.54, 1.807) is 24.3 Å². The third-order valence-corrected chi connectivity index (χ3v) is 5.82. The van der Waals surface area contributed by atoms with E-state index in [0.29, 0.717) is 27.1 Å². The fourth-order valence-electron chi connectivity index (χ4n) is 3.01. The summed E-state index contributed by atoms with van der Waals surface area (Å²) in [4.78, 5) is 0. The van der Waals surface area contributed by atoms with Gasteiger partial charge in [0.2, 0.25) is 5.75 Å². The van der Waals surface area contributed by atoms with Gasteiger partial charge >= 0.3 is 0 Å². The van der Waals surface area contributed by atoms with E-state index in [2.05, 4.69) is 12.2 Å². The Kier molecular flexibility index (Phi) is 8.54. The van der Waals surface area contributed by atoms with Gasteiger partial charge in [-0.1, -0.05) is 59.7 Å². The SMILES string of the molecule is CCCCNc1ccc(Cl)c(Oc2cc(N)cc(Oc3c(Cl)cc(N)cc3Cl)c2OC)c1Cl. The highest BCUT2D eigenvalue weighted by Crippen LogP contribution is 2.49. The van der Waals surface area contributed by atoms with E-state index in [1.165, 1.54) is 19.2 Å². The molecule has 0 amide bonds. The lowest BCUT2D eigenvalue weighted by Gasteiger charge is -2.19. The molecular weight excluding hydrogens is 508 g/mol. The van der Waals surface area contributed by atoms with Crippen LogP contribution in [0, 0.1) is 0 Å². The summed E-state index contributed by atoms with van der Waals surface area (Å²) in [5, 5.41) is 4.38. The third kappa shape index (κ3) is 5.95. The van der Waals surface area contributed by atoms with Crippen LogP contribution in [0.5, 0.6) is 28.7 Å². The highest BCUT2D eigenvalue weighted by Gasteiger charge is 2.21. The second kappa shape index (κ2) is 11.2. The Morgan fingerprint density at radius 3 is 1.94 bits per heavy atom. The number of benzene rings is 3. The molecule has 3 rings (SSSR count). The molecule has 0 atom stereocenters. The summed E-state index contributed by atoms with van der Waals surface area (Å²) in [7, 11) is 1.46. The third-order valence-electron chi connectivity index (χ3n) is 4.59. The van der Waals surface area contributed by atoms with Crippen molar-refractivity contribution in [2.45, 2.75) is 19.8 Å². The fourth-order valence-corrected chi connectivity index (χ4v) is 4.10. The second-order valence-corrected chi connectivity index (χ2v) is 8.69. The van der Waals surface area contributed by atoms with Gasteiger partial charge in [-0.2, -0.15) is 0 Å². The van der Waals surface area contributed by atoms with Crippen LogP contribution in [0.1, 0.15) is 19.8 Å². The van der Waals surface area contributed by atoms with Gasteiger partial charge in [0, 0.05) is 30.1 Å². The topological polar surface area (TPSA) is 91.8 Å². The van der Waals surface area contributed by atoms with E-state index in [0.717, 1.165) is 19.4 Å². The van der Waals surface area contributed by atoms with Crippen molar-refractivity contribution in [3.8, 4) is 28.7 Å². The summed E-state index contributed by atoms with van der Waals surface area (Å²) in [6.07, 6.45) is 2.04. The predicted octanol–water partition coefficient (Wildman–Crippen LogP) is 8.27. The lowest BCUT2D eigenvalue weighted by molar-refractivity contribution is 0.353. The molecule has 10 heteroatoms. The van der Waals surface area contributed by atoms with Gasteiger partial charge in [-0.3, -0.25) is 0 Å². The molecule has 0 saturated heterocycles. The first-order valence-corrected chi connectivity index (χ1v) is 11.6. The minimum atomic E-state index is 0.195. The van der Waals surface area contributed by atoms with Crippen LogP contribution in [0.3, 0.4) is 0 Å². The lowest BCUT2D eigenvalue weighted by Crippen LogP contribution is -2.02. The van der Waals surface area contributed by atoms with Crippen molar-refractivity contribution in [3.63, 3.8) is 0 Å². The summed E-state index contributed by atoms with van der Waals surface area (Å²) in [6, 6.07) is 9.66. The molecule has 33 heavy (non-hydrogen) atoms. The van der Waals surface area contributed by atoms with E-state index in [4.69, 9.17) is 72.1 Å². The van der Waals surface area contributed by atoms with Crippen molar-refractivity contribution in [1.82, 2.24) is 0 Å². The van der Waals surface area contributed by atoms with Crippen LogP contribution in [0.25, 0.3) is 0 Å². The van der Waals surface area contributed by atoms with E-state index in [-0.39, 0.29) is 38.8 Å². The van der Waals surface area contributed by atoms with E-state index < -0.39 is 0 Å². The Hall–Kier alpha value is -2.38. The molecule has 3 aromatic rings. The molecule has 0 aliphatic carbocycles. The number of unbranched alkanes of at least 4 members (excludes halogenated alkanes) is 1. The maximum atomic E-state index is 6.58. The van der Waals surface area contributed by atoms with Crippen LogP contribution in [0.2, 0.25) is 20.1 Å². The smallest absolute Gasteiger partial charge is 0.204 e. The summed E-state index contributed by atoms with van der Waals surface area (Å²) < 4.78 is 17.6. The van der Waals surface area contributed by atoms with Gasteiger partial charge in [0.15, 0.2) is 23.0 Å². The number of ether oxygens (including phenoxy) is 3. The predicted molar refractivity (Wildman–Crippen MR) is 138 cm³/mol. The van der Waals surface area contributed by atoms with Gasteiger partial charge in [-0.05, 0) is 30.7 Å². The normalized spacial score (nSPS) is 10.7. The van der Waals surface area contributed by atoms with Crippen LogP contribution in [0.4, 0.5) is 17.1 Å². The van der Waals surface area contributed by atoms with E-state index in [1.807, 2.05) is 0 Å². The first kappa shape index (κ1) is 25.2. The molecular formula is C23H23Cl4N3O3. The van der Waals surface area contributed by atoms with E-state index in [9.17, 15) is 0 Å². The van der Waals surface area contributed by atoms with Crippen LogP contribution in [0.15, 0.2) is 36.4 Å². The molecule has 0 spiro atoms. The van der Waals surface area contributed by atoms with Crippen molar-refractivity contribution >= 4 is 63.5 Å². The summed E-state index contributed by atoms with van der Waals surface area (Å²) >= 11 is 25.5. The summed E-state index contributed by atoms with van der Waals surface area (Å²) in [6.45, 7) is 2.87. The molecule has 0 fully saturated rings. The average Bonchev–Trinajstić information content (AvgIpc) is 2.75. The molecule has 3 aromatic carbocycles. The zero-order chi connectivity index (χ0) is 24.1. The minimum absolute atomic E-state index is 0.195. The second-order valence-electron chi connectivity index (χ2n) is 7.09. The number of halogens is 4. The molecule has 0 saturated carbocycles. The molecule has 6 nitrogen and oxygen atoms in total. The monoisotopic (exact) mass is 529 g/mol. The van der Waals surface area contributed by atoms with Gasteiger partial charge < -0.3 is 31.0 Å². The van der Waals surface area contributed by atoms with Gasteiger partial charge in [0.05, 0.1) is 27.9 Å². The average molecular weight is 531 g/mol. The Morgan fingerprint density at radius 2 is 1.36 bits per heavy atom. The Labute approximate surface area is 212 Å². The first-order valence-electron chi connectivity index (χ1n) is 10.0. The van der Waals surface area contributed by atoms with Crippen LogP contribution in [-0.2, 0) is 0 Å². The largest absolute Gasteiger partial charge is 0.490 e. The number of rotatable bonds is 9. The molecule has 5 N–H and O–H groups in total. The number of nitrogens with one attached hydrogen (secondary N) is 1. The highest BCUT2D eigenvalue weighted by atomic mass is 35.5. The van der Waals surface area contributed by atoms with Crippen LogP contribution < -0.4 is 31.0 Å². The molecule has 0 heterocycles. The standard InChI is InChI=1S/C23H23Cl4N3O3/c1-3-4-7-30-17-6-5-14(24)22(20(17)27)33-19-11-13(29)10-18(23(19)31-2)32-21-15(25)8-12(28)9-16(21)26/h5-6,8-11,30H,3-4,7,28-29H2,1-2H3. The maximum absolute atomic E-state index is 6.58. The lowest BCUT2D eigenvalue weighted by atomic mass is 10.2. The van der Waals surface area contributed by atoms with Gasteiger partial charge in [-0.15, -0.1) is 0 Å². The van der Waals surface area contributed by atoms with E-state index >= 15 is 0 Å². The molecule has 176 valence electrons. The highest BCUT2D eigenvalue weighted by molar-refractivity contribution is 6.39. The minimum Gasteiger partial charge on any atom is -0.490 e. The van der Waals surface area contributed by atoms with Crippen molar-refractivity contribution in [3.05, 3.63) is 56.5 Å². The summed E-state index contributed by atoms with van der Waals surface area (Å²) in [5.74, 6) is 1.15. The van der Waals surface area contributed by atoms with Crippen LogP contribution >= 0.6 is 46.4 Å². The first-order chi connectivity index (χ1) is 15.7. The Morgan fingerprint density at radius 1 is 0.788 bits per heavy atom. The number of methoxy groups -OCH3 is 1.